The van der Waals surface area contributed by atoms with Gasteiger partial charge >= 0.3 is 0 Å². The van der Waals surface area contributed by atoms with Crippen molar-refractivity contribution in [3.8, 4) is 5.75 Å². The molecule has 0 aliphatic rings. The molecule has 0 saturated carbocycles. The second kappa shape index (κ2) is 7.16. The van der Waals surface area contributed by atoms with Crippen LogP contribution in [0.25, 0.3) is 0 Å². The number of nitrogens with one attached hydrogen (secondary N) is 1. The molecule has 2 aromatic rings. The number of carbonyl (C=O) groups excluding carboxylic acids is 1. The Morgan fingerprint density at radius 3 is 2.57 bits per heavy atom. The van der Waals surface area contributed by atoms with Gasteiger partial charge in [0.25, 0.3) is 5.91 Å². The van der Waals surface area contributed by atoms with Gasteiger partial charge in [-0.2, -0.15) is 0 Å². The Balaban J connectivity index is 2.02. The van der Waals surface area contributed by atoms with Crippen LogP contribution in [0.2, 0.25) is 10.0 Å². The molecule has 0 aromatic heterocycles. The fraction of sp³-hybridized carbons (Fsp3) is 0.133. The monoisotopic (exact) mass is 387 g/mol. The molecule has 1 unspecified atom stereocenters. The fourth-order valence-corrected chi connectivity index (χ4v) is 2.59. The summed E-state index contributed by atoms with van der Waals surface area (Å²) in [6.45, 7) is 1.67. The molecule has 21 heavy (non-hydrogen) atoms. The van der Waals surface area contributed by atoms with Crippen molar-refractivity contribution in [3.05, 3.63) is 57.0 Å². The van der Waals surface area contributed by atoms with Crippen LogP contribution in [0.5, 0.6) is 5.75 Å². The summed E-state index contributed by atoms with van der Waals surface area (Å²) < 4.78 is 6.26. The molecule has 1 atom stereocenters. The maximum absolute atomic E-state index is 12.1. The van der Waals surface area contributed by atoms with Crippen molar-refractivity contribution in [1.29, 1.82) is 0 Å². The van der Waals surface area contributed by atoms with E-state index < -0.39 is 6.10 Å². The van der Waals surface area contributed by atoms with E-state index in [0.717, 1.165) is 0 Å². The molecule has 1 N–H and O–H groups in total. The Kier molecular flexibility index (Phi) is 5.51. The van der Waals surface area contributed by atoms with Crippen LogP contribution in [-0.2, 0) is 4.79 Å². The summed E-state index contributed by atoms with van der Waals surface area (Å²) in [5, 5.41) is 3.91. The number of hydrogen-bond donors (Lipinski definition) is 1. The van der Waals surface area contributed by atoms with E-state index in [1.807, 2.05) is 0 Å². The van der Waals surface area contributed by atoms with Gasteiger partial charge in [-0.3, -0.25) is 4.79 Å². The number of hydrogen-bond acceptors (Lipinski definition) is 2. The molecule has 3 nitrogen and oxygen atoms in total. The standard InChI is InChI=1S/C15H12BrCl2NO2/c1-9(21-12-4-2-3-10(17)7-12)15(20)19-14-6-5-11(18)8-13(14)16/h2-9H,1H3,(H,19,20). The first-order valence-electron chi connectivity index (χ1n) is 6.14. The summed E-state index contributed by atoms with van der Waals surface area (Å²) in [6, 6.07) is 12.0. The van der Waals surface area contributed by atoms with E-state index in [4.69, 9.17) is 27.9 Å². The minimum Gasteiger partial charge on any atom is -0.481 e. The van der Waals surface area contributed by atoms with Crippen molar-refractivity contribution in [2.45, 2.75) is 13.0 Å². The predicted octanol–water partition coefficient (Wildman–Crippen LogP) is 5.16. The minimum absolute atomic E-state index is 0.266. The summed E-state index contributed by atoms with van der Waals surface area (Å²) in [5.41, 5.74) is 0.631. The lowest BCUT2D eigenvalue weighted by Crippen LogP contribution is -2.30. The number of amides is 1. The van der Waals surface area contributed by atoms with Crippen LogP contribution in [0.3, 0.4) is 0 Å². The van der Waals surface area contributed by atoms with Crippen molar-refractivity contribution in [2.24, 2.45) is 0 Å². The van der Waals surface area contributed by atoms with Gasteiger partial charge in [-0.25, -0.2) is 0 Å². The molecule has 0 aliphatic carbocycles. The van der Waals surface area contributed by atoms with Gasteiger partial charge in [0.1, 0.15) is 5.75 Å². The van der Waals surface area contributed by atoms with Gasteiger partial charge in [-0.1, -0.05) is 29.3 Å². The summed E-state index contributed by atoms with van der Waals surface area (Å²) in [5.74, 6) is 0.276. The van der Waals surface area contributed by atoms with Gasteiger partial charge in [-0.15, -0.1) is 0 Å². The van der Waals surface area contributed by atoms with Crippen LogP contribution in [0.1, 0.15) is 6.92 Å². The van der Waals surface area contributed by atoms with Crippen LogP contribution in [0.4, 0.5) is 5.69 Å². The maximum atomic E-state index is 12.1. The second-order valence-electron chi connectivity index (χ2n) is 4.33. The first kappa shape index (κ1) is 16.1. The summed E-state index contributed by atoms with van der Waals surface area (Å²) in [7, 11) is 0. The van der Waals surface area contributed by atoms with E-state index in [1.54, 1.807) is 49.4 Å². The zero-order chi connectivity index (χ0) is 15.4. The highest BCUT2D eigenvalue weighted by atomic mass is 79.9. The summed E-state index contributed by atoms with van der Waals surface area (Å²) >= 11 is 15.1. The Hall–Kier alpha value is -1.23. The average Bonchev–Trinajstić information content (AvgIpc) is 2.41. The molecule has 0 saturated heterocycles. The van der Waals surface area contributed by atoms with E-state index in [2.05, 4.69) is 21.2 Å². The quantitative estimate of drug-likeness (QED) is 0.785. The summed E-state index contributed by atoms with van der Waals surface area (Å²) in [6.07, 6.45) is -0.661. The molecule has 0 heterocycles. The largest absolute Gasteiger partial charge is 0.481 e. The minimum atomic E-state index is -0.661. The molecule has 1 amide bonds. The molecule has 0 bridgehead atoms. The Morgan fingerprint density at radius 2 is 1.90 bits per heavy atom. The lowest BCUT2D eigenvalue weighted by molar-refractivity contribution is -0.122. The molecule has 2 aromatic carbocycles. The smallest absolute Gasteiger partial charge is 0.265 e. The third-order valence-electron chi connectivity index (χ3n) is 2.67. The molecular formula is C15H12BrCl2NO2. The van der Waals surface area contributed by atoms with Gasteiger partial charge in [0, 0.05) is 14.5 Å². The number of anilines is 1. The average molecular weight is 389 g/mol. The maximum Gasteiger partial charge on any atom is 0.265 e. The van der Waals surface area contributed by atoms with Gasteiger partial charge < -0.3 is 10.1 Å². The SMILES string of the molecule is CC(Oc1cccc(Cl)c1)C(=O)Nc1ccc(Cl)cc1Br. The first-order chi connectivity index (χ1) is 9.95. The fourth-order valence-electron chi connectivity index (χ4n) is 1.62. The third-order valence-corrected chi connectivity index (χ3v) is 3.79. The topological polar surface area (TPSA) is 38.3 Å². The van der Waals surface area contributed by atoms with Crippen LogP contribution < -0.4 is 10.1 Å². The zero-order valence-corrected chi connectivity index (χ0v) is 14.2. The van der Waals surface area contributed by atoms with Gasteiger partial charge in [0.15, 0.2) is 6.10 Å². The molecule has 6 heteroatoms. The van der Waals surface area contributed by atoms with Crippen LogP contribution in [-0.4, -0.2) is 12.0 Å². The van der Waals surface area contributed by atoms with E-state index in [9.17, 15) is 4.79 Å². The number of benzene rings is 2. The normalized spacial score (nSPS) is 11.8. The van der Waals surface area contributed by atoms with Crippen molar-refractivity contribution in [1.82, 2.24) is 0 Å². The van der Waals surface area contributed by atoms with Crippen molar-refractivity contribution >= 4 is 50.7 Å². The van der Waals surface area contributed by atoms with E-state index in [1.165, 1.54) is 0 Å². The second-order valence-corrected chi connectivity index (χ2v) is 6.06. The Morgan fingerprint density at radius 1 is 1.19 bits per heavy atom. The first-order valence-corrected chi connectivity index (χ1v) is 7.69. The molecule has 2 rings (SSSR count). The number of rotatable bonds is 4. The lowest BCUT2D eigenvalue weighted by Gasteiger charge is -2.15. The Bertz CT molecular complexity index is 664. The molecular weight excluding hydrogens is 377 g/mol. The van der Waals surface area contributed by atoms with Crippen LogP contribution in [0.15, 0.2) is 46.9 Å². The van der Waals surface area contributed by atoms with Crippen molar-refractivity contribution in [3.63, 3.8) is 0 Å². The van der Waals surface area contributed by atoms with Gasteiger partial charge in [0.05, 0.1) is 5.69 Å². The highest BCUT2D eigenvalue weighted by Crippen LogP contribution is 2.26. The van der Waals surface area contributed by atoms with Crippen LogP contribution >= 0.6 is 39.1 Å². The third kappa shape index (κ3) is 4.63. The molecule has 0 spiro atoms. The zero-order valence-electron chi connectivity index (χ0n) is 11.1. The number of halogens is 3. The summed E-state index contributed by atoms with van der Waals surface area (Å²) in [4.78, 5) is 12.1. The number of ether oxygens (including phenoxy) is 1. The predicted molar refractivity (Wildman–Crippen MR) is 89.3 cm³/mol. The van der Waals surface area contributed by atoms with Crippen molar-refractivity contribution < 1.29 is 9.53 Å². The van der Waals surface area contributed by atoms with Gasteiger partial charge in [-0.05, 0) is 59.3 Å². The number of carbonyl (C=O) groups is 1. The Labute approximate surface area is 141 Å². The van der Waals surface area contributed by atoms with Crippen molar-refractivity contribution in [2.75, 3.05) is 5.32 Å². The molecule has 0 aliphatic heterocycles. The highest BCUT2D eigenvalue weighted by molar-refractivity contribution is 9.10. The van der Waals surface area contributed by atoms with Crippen LogP contribution in [0, 0.1) is 0 Å². The van der Waals surface area contributed by atoms with E-state index >= 15 is 0 Å². The van der Waals surface area contributed by atoms with E-state index in [-0.39, 0.29) is 5.91 Å². The molecule has 0 radical (unpaired) electrons. The van der Waals surface area contributed by atoms with Gasteiger partial charge in [0.2, 0.25) is 0 Å². The highest BCUT2D eigenvalue weighted by Gasteiger charge is 2.16. The molecule has 110 valence electrons. The molecule has 0 fully saturated rings. The lowest BCUT2D eigenvalue weighted by atomic mass is 10.3. The van der Waals surface area contributed by atoms with E-state index in [0.29, 0.717) is 26.0 Å².